The van der Waals surface area contributed by atoms with Gasteiger partial charge in [0.15, 0.2) is 0 Å². The Balaban J connectivity index is 1.99. The standard InChI is InChI=1S/C14H19N5O3/c1-4-22-14(21)11-8-15-18(3)13(11)17-12(20)5-6-19-9-10(2)7-16-19/h7-9H,4-6H2,1-3H3,(H,17,20). The highest BCUT2D eigenvalue weighted by Crippen LogP contribution is 2.15. The van der Waals surface area contributed by atoms with Gasteiger partial charge < -0.3 is 10.1 Å². The first-order valence-electron chi connectivity index (χ1n) is 6.99. The van der Waals surface area contributed by atoms with Crippen LogP contribution in [0.4, 0.5) is 5.82 Å². The molecule has 0 aliphatic rings. The van der Waals surface area contributed by atoms with Crippen LogP contribution in [0.3, 0.4) is 0 Å². The average Bonchev–Trinajstić information content (AvgIpc) is 3.04. The van der Waals surface area contributed by atoms with E-state index in [1.54, 1.807) is 24.9 Å². The first-order valence-corrected chi connectivity index (χ1v) is 6.99. The molecule has 0 atom stereocenters. The molecule has 0 unspecified atom stereocenters. The predicted octanol–water partition coefficient (Wildman–Crippen LogP) is 1.13. The molecule has 0 aromatic carbocycles. The molecule has 2 heterocycles. The Morgan fingerprint density at radius 1 is 1.32 bits per heavy atom. The maximum Gasteiger partial charge on any atom is 0.343 e. The summed E-state index contributed by atoms with van der Waals surface area (Å²) in [5.74, 6) is -0.393. The van der Waals surface area contributed by atoms with Crippen molar-refractivity contribution in [3.63, 3.8) is 0 Å². The largest absolute Gasteiger partial charge is 0.462 e. The Bertz CT molecular complexity index is 674. The molecule has 2 aromatic rings. The minimum Gasteiger partial charge on any atom is -0.462 e. The molecule has 2 aromatic heterocycles. The van der Waals surface area contributed by atoms with Gasteiger partial charge in [0, 0.05) is 26.2 Å². The minimum atomic E-state index is -0.506. The van der Waals surface area contributed by atoms with E-state index in [-0.39, 0.29) is 24.5 Å². The molecule has 0 radical (unpaired) electrons. The van der Waals surface area contributed by atoms with Gasteiger partial charge in [0.25, 0.3) is 0 Å². The lowest BCUT2D eigenvalue weighted by Gasteiger charge is -2.08. The van der Waals surface area contributed by atoms with Gasteiger partial charge in [-0.2, -0.15) is 10.2 Å². The summed E-state index contributed by atoms with van der Waals surface area (Å²) in [5.41, 5.74) is 1.28. The molecule has 0 bridgehead atoms. The first-order chi connectivity index (χ1) is 10.5. The van der Waals surface area contributed by atoms with Crippen LogP contribution in [0.5, 0.6) is 0 Å². The molecule has 0 spiro atoms. The molecular formula is C14H19N5O3. The van der Waals surface area contributed by atoms with E-state index >= 15 is 0 Å². The number of aryl methyl sites for hydroxylation is 3. The number of carbonyl (C=O) groups excluding carboxylic acids is 2. The number of anilines is 1. The zero-order valence-electron chi connectivity index (χ0n) is 12.9. The number of nitrogens with one attached hydrogen (secondary N) is 1. The Hall–Kier alpha value is -2.64. The van der Waals surface area contributed by atoms with Crippen LogP contribution < -0.4 is 5.32 Å². The monoisotopic (exact) mass is 305 g/mol. The van der Waals surface area contributed by atoms with Crippen LogP contribution in [-0.4, -0.2) is 38.0 Å². The Morgan fingerprint density at radius 2 is 2.09 bits per heavy atom. The van der Waals surface area contributed by atoms with Crippen molar-refractivity contribution in [2.75, 3.05) is 11.9 Å². The topological polar surface area (TPSA) is 91.0 Å². The maximum atomic E-state index is 12.0. The molecule has 118 valence electrons. The number of aromatic nitrogens is 4. The van der Waals surface area contributed by atoms with Crippen LogP contribution in [0.1, 0.15) is 29.3 Å². The molecular weight excluding hydrogens is 286 g/mol. The van der Waals surface area contributed by atoms with E-state index in [1.165, 1.54) is 10.9 Å². The van der Waals surface area contributed by atoms with Crippen molar-refractivity contribution in [1.29, 1.82) is 0 Å². The molecule has 0 fully saturated rings. The fourth-order valence-electron chi connectivity index (χ4n) is 1.94. The number of hydrogen-bond donors (Lipinski definition) is 1. The van der Waals surface area contributed by atoms with Crippen molar-refractivity contribution < 1.29 is 14.3 Å². The van der Waals surface area contributed by atoms with Gasteiger partial charge >= 0.3 is 5.97 Å². The molecule has 8 heteroatoms. The van der Waals surface area contributed by atoms with E-state index in [2.05, 4.69) is 15.5 Å². The lowest BCUT2D eigenvalue weighted by molar-refractivity contribution is -0.116. The summed E-state index contributed by atoms with van der Waals surface area (Å²) in [6, 6.07) is 0. The molecule has 2 rings (SSSR count). The van der Waals surface area contributed by atoms with Crippen molar-refractivity contribution in [2.24, 2.45) is 7.05 Å². The van der Waals surface area contributed by atoms with Crippen molar-refractivity contribution in [2.45, 2.75) is 26.8 Å². The van der Waals surface area contributed by atoms with Crippen molar-refractivity contribution in [1.82, 2.24) is 19.6 Å². The average molecular weight is 305 g/mol. The van der Waals surface area contributed by atoms with Crippen molar-refractivity contribution in [3.8, 4) is 0 Å². The van der Waals surface area contributed by atoms with E-state index in [9.17, 15) is 9.59 Å². The van der Waals surface area contributed by atoms with Gasteiger partial charge in [-0.05, 0) is 19.4 Å². The zero-order chi connectivity index (χ0) is 16.1. The van der Waals surface area contributed by atoms with Gasteiger partial charge in [-0.15, -0.1) is 0 Å². The Morgan fingerprint density at radius 3 is 2.73 bits per heavy atom. The molecule has 0 aliphatic heterocycles. The number of ether oxygens (including phenoxy) is 1. The van der Waals surface area contributed by atoms with E-state index in [0.29, 0.717) is 12.4 Å². The van der Waals surface area contributed by atoms with Gasteiger partial charge in [-0.3, -0.25) is 14.2 Å². The van der Waals surface area contributed by atoms with Crippen molar-refractivity contribution in [3.05, 3.63) is 29.7 Å². The molecule has 0 saturated carbocycles. The number of rotatable bonds is 6. The number of hydrogen-bond acceptors (Lipinski definition) is 5. The highest BCUT2D eigenvalue weighted by molar-refractivity contribution is 6.00. The summed E-state index contributed by atoms with van der Waals surface area (Å²) in [6.07, 6.45) is 5.22. The number of esters is 1. The number of amides is 1. The molecule has 0 saturated heterocycles. The van der Waals surface area contributed by atoms with E-state index in [4.69, 9.17) is 4.74 Å². The van der Waals surface area contributed by atoms with Gasteiger partial charge in [-0.1, -0.05) is 0 Å². The summed E-state index contributed by atoms with van der Waals surface area (Å²) in [6.45, 7) is 4.38. The van der Waals surface area contributed by atoms with Gasteiger partial charge in [0.1, 0.15) is 11.4 Å². The summed E-state index contributed by atoms with van der Waals surface area (Å²) in [7, 11) is 1.65. The van der Waals surface area contributed by atoms with Crippen LogP contribution in [-0.2, 0) is 23.1 Å². The molecule has 0 aliphatic carbocycles. The predicted molar refractivity (Wildman–Crippen MR) is 79.4 cm³/mol. The third kappa shape index (κ3) is 3.72. The molecule has 8 nitrogen and oxygen atoms in total. The second-order valence-electron chi connectivity index (χ2n) is 4.83. The maximum absolute atomic E-state index is 12.0. The summed E-state index contributed by atoms with van der Waals surface area (Å²) < 4.78 is 8.07. The third-order valence-electron chi connectivity index (χ3n) is 3.02. The summed E-state index contributed by atoms with van der Waals surface area (Å²) in [4.78, 5) is 23.8. The molecule has 1 amide bonds. The van der Waals surface area contributed by atoms with Gasteiger partial charge in [0.2, 0.25) is 5.91 Å². The van der Waals surface area contributed by atoms with Crippen LogP contribution in [0, 0.1) is 6.92 Å². The van der Waals surface area contributed by atoms with Gasteiger partial charge in [0.05, 0.1) is 19.0 Å². The quantitative estimate of drug-likeness (QED) is 0.808. The van der Waals surface area contributed by atoms with Crippen LogP contribution in [0.15, 0.2) is 18.6 Å². The molecule has 1 N–H and O–H groups in total. The van der Waals surface area contributed by atoms with Crippen LogP contribution in [0.25, 0.3) is 0 Å². The third-order valence-corrected chi connectivity index (χ3v) is 3.02. The second-order valence-corrected chi connectivity index (χ2v) is 4.83. The lowest BCUT2D eigenvalue weighted by Crippen LogP contribution is -2.19. The number of nitrogens with zero attached hydrogens (tertiary/aromatic N) is 4. The normalized spacial score (nSPS) is 10.5. The fourth-order valence-corrected chi connectivity index (χ4v) is 1.94. The number of carbonyl (C=O) groups is 2. The van der Waals surface area contributed by atoms with Gasteiger partial charge in [-0.25, -0.2) is 4.79 Å². The minimum absolute atomic E-state index is 0.220. The second kappa shape index (κ2) is 6.88. The van der Waals surface area contributed by atoms with Crippen LogP contribution in [0.2, 0.25) is 0 Å². The van der Waals surface area contributed by atoms with E-state index < -0.39 is 5.97 Å². The zero-order valence-corrected chi connectivity index (χ0v) is 12.9. The van der Waals surface area contributed by atoms with E-state index in [0.717, 1.165) is 5.56 Å². The highest BCUT2D eigenvalue weighted by Gasteiger charge is 2.19. The highest BCUT2D eigenvalue weighted by atomic mass is 16.5. The Kier molecular flexibility index (Phi) is 4.92. The smallest absolute Gasteiger partial charge is 0.343 e. The SMILES string of the molecule is CCOC(=O)c1cnn(C)c1NC(=O)CCn1cc(C)cn1. The van der Waals surface area contributed by atoms with E-state index in [1.807, 2.05) is 13.1 Å². The first kappa shape index (κ1) is 15.7. The molecule has 22 heavy (non-hydrogen) atoms. The summed E-state index contributed by atoms with van der Waals surface area (Å²) >= 11 is 0. The summed E-state index contributed by atoms with van der Waals surface area (Å²) in [5, 5.41) is 10.8. The van der Waals surface area contributed by atoms with Crippen molar-refractivity contribution >= 4 is 17.7 Å². The Labute approximate surface area is 128 Å². The van der Waals surface area contributed by atoms with Crippen LogP contribution >= 0.6 is 0 Å². The fraction of sp³-hybridized carbons (Fsp3) is 0.429. The lowest BCUT2D eigenvalue weighted by atomic mass is 10.3.